The summed E-state index contributed by atoms with van der Waals surface area (Å²) in [6.07, 6.45) is 1.52. The summed E-state index contributed by atoms with van der Waals surface area (Å²) >= 11 is 0. The first-order valence-corrected chi connectivity index (χ1v) is 13.6. The van der Waals surface area contributed by atoms with Crippen molar-refractivity contribution < 1.29 is 18.4 Å². The molecule has 0 unspecified atom stereocenters. The number of fused-ring (bicyclic) bond motifs is 2. The topological polar surface area (TPSA) is 131 Å². The van der Waals surface area contributed by atoms with Crippen molar-refractivity contribution in [3.05, 3.63) is 92.3 Å². The third-order valence-electron chi connectivity index (χ3n) is 7.46. The molecule has 3 aromatic heterocycles. The van der Waals surface area contributed by atoms with Crippen LogP contribution in [0.1, 0.15) is 30.0 Å². The Bertz CT molecular complexity index is 1850. The van der Waals surface area contributed by atoms with Crippen molar-refractivity contribution >= 4 is 28.0 Å². The van der Waals surface area contributed by atoms with Crippen LogP contribution in [0.2, 0.25) is 0 Å². The smallest absolute Gasteiger partial charge is 0.258 e. The number of aromatic nitrogens is 2. The largest absolute Gasteiger partial charge is 0.497 e. The molecular formula is C31H30N4O6. The van der Waals surface area contributed by atoms with Gasteiger partial charge in [-0.15, -0.1) is 0 Å². The second kappa shape index (κ2) is 11.1. The Balaban J connectivity index is 1.14. The predicted molar refractivity (Wildman–Crippen MR) is 154 cm³/mol. The third-order valence-corrected chi connectivity index (χ3v) is 7.46. The fraction of sp³-hybridized carbons (Fsp3) is 0.290. The van der Waals surface area contributed by atoms with E-state index in [0.717, 1.165) is 25.9 Å². The third kappa shape index (κ3) is 5.51. The van der Waals surface area contributed by atoms with E-state index < -0.39 is 0 Å². The highest BCUT2D eigenvalue weighted by molar-refractivity contribution is 5.90. The highest BCUT2D eigenvalue weighted by atomic mass is 16.5. The van der Waals surface area contributed by atoms with Crippen molar-refractivity contribution in [1.82, 2.24) is 20.2 Å². The molecule has 1 aliphatic heterocycles. The van der Waals surface area contributed by atoms with Gasteiger partial charge < -0.3 is 23.9 Å². The zero-order valence-corrected chi connectivity index (χ0v) is 22.9. The lowest BCUT2D eigenvalue weighted by molar-refractivity contribution is -0.121. The zero-order valence-electron chi connectivity index (χ0n) is 22.9. The van der Waals surface area contributed by atoms with Crippen LogP contribution in [0, 0.1) is 6.92 Å². The summed E-state index contributed by atoms with van der Waals surface area (Å²) in [6.45, 7) is 3.73. The maximum absolute atomic E-state index is 13.3. The zero-order chi connectivity index (χ0) is 28.5. The number of aromatic amines is 1. The first-order valence-electron chi connectivity index (χ1n) is 13.6. The minimum atomic E-state index is -0.292. The maximum Gasteiger partial charge on any atom is 0.258 e. The van der Waals surface area contributed by atoms with E-state index in [4.69, 9.17) is 13.6 Å². The number of aryl methyl sites for hydroxylation is 1. The van der Waals surface area contributed by atoms with Crippen LogP contribution in [-0.2, 0) is 17.8 Å². The molecule has 210 valence electrons. The quantitative estimate of drug-likeness (QED) is 0.310. The Hall–Kier alpha value is -4.70. The molecule has 1 fully saturated rings. The van der Waals surface area contributed by atoms with Crippen LogP contribution in [-0.4, -0.2) is 47.0 Å². The average molecular weight is 555 g/mol. The van der Waals surface area contributed by atoms with Gasteiger partial charge in [0.1, 0.15) is 23.1 Å². The number of hydrogen-bond donors (Lipinski definition) is 2. The lowest BCUT2D eigenvalue weighted by atomic mass is 10.0. The van der Waals surface area contributed by atoms with Crippen LogP contribution >= 0.6 is 0 Å². The Kier molecular flexibility index (Phi) is 7.15. The summed E-state index contributed by atoms with van der Waals surface area (Å²) in [7, 11) is 1.59. The van der Waals surface area contributed by atoms with Crippen LogP contribution in [0.15, 0.2) is 73.0 Å². The Labute approximate surface area is 234 Å². The molecule has 5 aromatic rings. The molecule has 10 nitrogen and oxygen atoms in total. The van der Waals surface area contributed by atoms with Gasteiger partial charge in [-0.25, -0.2) is 4.98 Å². The van der Waals surface area contributed by atoms with E-state index in [0.29, 0.717) is 57.3 Å². The van der Waals surface area contributed by atoms with Gasteiger partial charge in [0.25, 0.3) is 5.56 Å². The number of hydrogen-bond acceptors (Lipinski definition) is 8. The first-order chi connectivity index (χ1) is 19.9. The first kappa shape index (κ1) is 26.5. The van der Waals surface area contributed by atoms with Gasteiger partial charge in [0.2, 0.25) is 16.9 Å². The fourth-order valence-corrected chi connectivity index (χ4v) is 5.39. The van der Waals surface area contributed by atoms with Crippen LogP contribution < -0.4 is 21.0 Å². The molecule has 4 heterocycles. The molecule has 41 heavy (non-hydrogen) atoms. The number of piperidine rings is 1. The predicted octanol–water partition coefficient (Wildman–Crippen LogP) is 3.93. The molecule has 0 atom stereocenters. The highest BCUT2D eigenvalue weighted by Gasteiger charge is 2.26. The van der Waals surface area contributed by atoms with Crippen molar-refractivity contribution in [1.29, 1.82) is 0 Å². The number of carbonyl (C=O) groups excluding carboxylic acids is 1. The van der Waals surface area contributed by atoms with E-state index in [-0.39, 0.29) is 34.9 Å². The Morgan fingerprint density at radius 3 is 2.59 bits per heavy atom. The lowest BCUT2D eigenvalue weighted by Crippen LogP contribution is -2.45. The second-order valence-electron chi connectivity index (χ2n) is 10.3. The number of para-hydroxylation sites is 1. The van der Waals surface area contributed by atoms with Gasteiger partial charge >= 0.3 is 0 Å². The van der Waals surface area contributed by atoms with E-state index in [1.54, 1.807) is 32.2 Å². The standard InChI is InChI=1S/C31H30N4O6/c1-18-15-25(36)30-29(40-18)23(28(41-30)19-7-9-21(39-2)10-8-19)16-27(37)32-20-11-13-35(14-12-20)17-26-33-24-6-4-3-5-22(24)31(38)34-26/h3-10,15,20H,11-14,16-17H2,1-2H3,(H,32,37)(H,33,34,38). The van der Waals surface area contributed by atoms with Gasteiger partial charge in [0.15, 0.2) is 5.58 Å². The normalized spacial score (nSPS) is 14.5. The van der Waals surface area contributed by atoms with Crippen molar-refractivity contribution in [3.63, 3.8) is 0 Å². The number of nitrogens with one attached hydrogen (secondary N) is 2. The average Bonchev–Trinajstić information content (AvgIpc) is 3.32. The molecule has 0 aliphatic carbocycles. The van der Waals surface area contributed by atoms with Gasteiger partial charge in [-0.2, -0.15) is 0 Å². The summed E-state index contributed by atoms with van der Waals surface area (Å²) in [4.78, 5) is 48.0. The van der Waals surface area contributed by atoms with Crippen LogP contribution in [0.25, 0.3) is 33.4 Å². The SMILES string of the molecule is COc1ccc(-c2oc3c(=O)cc(C)oc3c2CC(=O)NC2CCN(Cc3nc4ccccc4c(=O)[nH]3)CC2)cc1. The molecule has 1 saturated heterocycles. The molecule has 0 bridgehead atoms. The number of rotatable bonds is 7. The van der Waals surface area contributed by atoms with E-state index >= 15 is 0 Å². The molecule has 1 amide bonds. The van der Waals surface area contributed by atoms with Crippen molar-refractivity contribution in [2.75, 3.05) is 20.2 Å². The van der Waals surface area contributed by atoms with Crippen LogP contribution in [0.5, 0.6) is 5.75 Å². The number of ether oxygens (including phenoxy) is 1. The van der Waals surface area contributed by atoms with Gasteiger partial charge in [0.05, 0.1) is 36.5 Å². The van der Waals surface area contributed by atoms with Gasteiger partial charge in [-0.05, 0) is 56.2 Å². The van der Waals surface area contributed by atoms with Gasteiger partial charge in [0, 0.05) is 30.8 Å². The molecule has 6 rings (SSSR count). The lowest BCUT2D eigenvalue weighted by Gasteiger charge is -2.32. The van der Waals surface area contributed by atoms with Crippen LogP contribution in [0.4, 0.5) is 0 Å². The van der Waals surface area contributed by atoms with Crippen molar-refractivity contribution in [3.8, 4) is 17.1 Å². The molecule has 2 aromatic carbocycles. The van der Waals surface area contributed by atoms with E-state index in [9.17, 15) is 14.4 Å². The van der Waals surface area contributed by atoms with Gasteiger partial charge in [-0.3, -0.25) is 19.3 Å². The summed E-state index contributed by atoms with van der Waals surface area (Å²) < 4.78 is 17.1. The monoisotopic (exact) mass is 554 g/mol. The minimum Gasteiger partial charge on any atom is -0.497 e. The number of carbonyl (C=O) groups is 1. The number of likely N-dealkylation sites (tertiary alicyclic amines) is 1. The van der Waals surface area contributed by atoms with E-state index in [1.165, 1.54) is 6.07 Å². The molecular weight excluding hydrogens is 524 g/mol. The Morgan fingerprint density at radius 1 is 1.07 bits per heavy atom. The summed E-state index contributed by atoms with van der Waals surface area (Å²) in [5.74, 6) is 2.01. The number of benzene rings is 2. The van der Waals surface area contributed by atoms with Gasteiger partial charge in [-0.1, -0.05) is 12.1 Å². The number of H-pyrrole nitrogens is 1. The molecule has 0 radical (unpaired) electrons. The number of amides is 1. The maximum atomic E-state index is 13.3. The van der Waals surface area contributed by atoms with Crippen LogP contribution in [0.3, 0.4) is 0 Å². The number of nitrogens with zero attached hydrogens (tertiary/aromatic N) is 2. The summed E-state index contributed by atoms with van der Waals surface area (Å²) in [5.41, 5.74) is 1.89. The van der Waals surface area contributed by atoms with Crippen molar-refractivity contribution in [2.24, 2.45) is 0 Å². The number of methoxy groups -OCH3 is 1. The molecule has 0 saturated carbocycles. The van der Waals surface area contributed by atoms with E-state index in [2.05, 4.69) is 20.2 Å². The van der Waals surface area contributed by atoms with Crippen molar-refractivity contribution in [2.45, 2.75) is 38.8 Å². The summed E-state index contributed by atoms with van der Waals surface area (Å²) in [6, 6.07) is 15.9. The summed E-state index contributed by atoms with van der Waals surface area (Å²) in [5, 5.41) is 3.72. The van der Waals surface area contributed by atoms with E-state index in [1.807, 2.05) is 30.3 Å². The minimum absolute atomic E-state index is 0.00120. The molecule has 2 N–H and O–H groups in total. The molecule has 10 heteroatoms. The highest BCUT2D eigenvalue weighted by Crippen LogP contribution is 2.34. The Morgan fingerprint density at radius 2 is 1.83 bits per heavy atom. The second-order valence-corrected chi connectivity index (χ2v) is 10.3. The number of furan rings is 1. The molecule has 0 spiro atoms. The molecule has 1 aliphatic rings. The fourth-order valence-electron chi connectivity index (χ4n) is 5.39.